The van der Waals surface area contributed by atoms with Crippen LogP contribution in [0, 0.1) is 0 Å². The van der Waals surface area contributed by atoms with E-state index in [2.05, 4.69) is 34.8 Å². The van der Waals surface area contributed by atoms with E-state index in [-0.39, 0.29) is 22.5 Å². The van der Waals surface area contributed by atoms with Gasteiger partial charge in [0.2, 0.25) is 0 Å². The van der Waals surface area contributed by atoms with E-state index in [0.29, 0.717) is 40.3 Å². The van der Waals surface area contributed by atoms with Crippen LogP contribution >= 0.6 is 0 Å². The molecule has 8 heterocycles. The number of fused-ring (bicyclic) bond motifs is 3. The molecule has 0 atom stereocenters. The van der Waals surface area contributed by atoms with E-state index >= 15 is 0 Å². The minimum Gasteiger partial charge on any atom is -0.378 e. The number of carbonyl (C=O) groups is 1. The molecule has 240 valence electrons. The van der Waals surface area contributed by atoms with Crippen molar-refractivity contribution in [2.75, 3.05) is 49.6 Å². The largest absolute Gasteiger partial charge is 0.378 e. The lowest BCUT2D eigenvalue weighted by Crippen LogP contribution is -2.56. The van der Waals surface area contributed by atoms with Crippen molar-refractivity contribution in [3.8, 4) is 16.9 Å². The van der Waals surface area contributed by atoms with Crippen LogP contribution in [0.2, 0.25) is 0 Å². The molecule has 8 rings (SSSR count). The van der Waals surface area contributed by atoms with Gasteiger partial charge < -0.3 is 24.1 Å². The second kappa shape index (κ2) is 11.9. The highest BCUT2D eigenvalue weighted by Gasteiger charge is 2.29. The number of piperazine rings is 1. The van der Waals surface area contributed by atoms with Crippen LogP contribution < -0.4 is 21.3 Å². The zero-order chi connectivity index (χ0) is 32.1. The summed E-state index contributed by atoms with van der Waals surface area (Å²) in [5, 5.41) is 9.01. The fraction of sp³-hybridized carbons (Fsp3) is 0.353. The molecule has 2 saturated heterocycles. The summed E-state index contributed by atoms with van der Waals surface area (Å²) in [7, 11) is 1.65. The number of hydrogen-bond acceptors (Lipinski definition) is 10. The average Bonchev–Trinajstić information content (AvgIpc) is 3.46. The molecule has 0 aliphatic carbocycles. The maximum atomic E-state index is 13.7. The van der Waals surface area contributed by atoms with E-state index < -0.39 is 0 Å². The first-order valence-corrected chi connectivity index (χ1v) is 16.0. The molecular weight excluding hydrogens is 598 g/mol. The Hall–Kier alpha value is -5.14. The number of nitrogens with zero attached hydrogens (tertiary/aromatic N) is 8. The lowest BCUT2D eigenvalue weighted by Gasteiger charge is -2.43. The van der Waals surface area contributed by atoms with Gasteiger partial charge in [0.25, 0.3) is 11.1 Å². The number of aldehydes is 1. The van der Waals surface area contributed by atoms with Gasteiger partial charge in [0.1, 0.15) is 11.5 Å². The van der Waals surface area contributed by atoms with Gasteiger partial charge in [-0.05, 0) is 49.1 Å². The van der Waals surface area contributed by atoms with Crippen molar-refractivity contribution in [1.29, 1.82) is 0 Å². The van der Waals surface area contributed by atoms with E-state index in [1.807, 2.05) is 24.5 Å². The standard InChI is InChI=1S/C34H35N9O4/c1-39-17-22(14-29(34(39)46)38-31-6-5-23(15-36-31)40-10-12-41(13-11-40)24-20-47-21-24)25-7-8-35-32(28(25)19-44)43-33(45)27-18-42-9-3-2-4-30(42)26(27)16-37-43/h5-8,14-19,24H,2-4,9-13,20-21H2,1H3,(H,36,38). The fourth-order valence-corrected chi connectivity index (χ4v) is 6.93. The molecule has 0 radical (unpaired) electrons. The van der Waals surface area contributed by atoms with Gasteiger partial charge in [-0.3, -0.25) is 19.3 Å². The lowest BCUT2D eigenvalue weighted by atomic mass is 10.0. The first-order valence-electron chi connectivity index (χ1n) is 16.0. The second-order valence-corrected chi connectivity index (χ2v) is 12.4. The van der Waals surface area contributed by atoms with Gasteiger partial charge in [-0.25, -0.2) is 9.97 Å². The average molecular weight is 634 g/mol. The van der Waals surface area contributed by atoms with Crippen LogP contribution in [0.5, 0.6) is 0 Å². The molecule has 5 aromatic heterocycles. The number of carbonyl (C=O) groups excluding carboxylic acids is 1. The number of aryl methyl sites for hydroxylation is 3. The molecule has 0 aromatic carbocycles. The smallest absolute Gasteiger partial charge is 0.282 e. The molecular formula is C34H35N9O4. The van der Waals surface area contributed by atoms with Crippen molar-refractivity contribution in [3.63, 3.8) is 0 Å². The Kier molecular flexibility index (Phi) is 7.41. The van der Waals surface area contributed by atoms with E-state index in [1.165, 1.54) is 9.25 Å². The van der Waals surface area contributed by atoms with Gasteiger partial charge >= 0.3 is 0 Å². The normalized spacial score (nSPS) is 17.0. The molecule has 3 aliphatic rings. The summed E-state index contributed by atoms with van der Waals surface area (Å²) in [6, 6.07) is 7.80. The Morgan fingerprint density at radius 3 is 2.53 bits per heavy atom. The number of pyridine rings is 3. The summed E-state index contributed by atoms with van der Waals surface area (Å²) < 4.78 is 10.1. The van der Waals surface area contributed by atoms with Crippen molar-refractivity contribution in [2.45, 2.75) is 31.8 Å². The van der Waals surface area contributed by atoms with Gasteiger partial charge in [-0.1, -0.05) is 0 Å². The SMILES string of the molecule is Cn1cc(-c2ccnc(-n3ncc4c5n(cc4c3=O)CCCC5)c2C=O)cc(Nc2ccc(N3CCN(C4COC4)CC3)cn2)c1=O. The number of hydrogen-bond donors (Lipinski definition) is 1. The monoisotopic (exact) mass is 633 g/mol. The van der Waals surface area contributed by atoms with Crippen molar-refractivity contribution in [2.24, 2.45) is 7.05 Å². The van der Waals surface area contributed by atoms with Crippen LogP contribution in [0.3, 0.4) is 0 Å². The van der Waals surface area contributed by atoms with Gasteiger partial charge in [0.15, 0.2) is 12.1 Å². The van der Waals surface area contributed by atoms with E-state index in [0.717, 1.165) is 82.0 Å². The minimum atomic E-state index is -0.329. The Balaban J connectivity index is 1.08. The molecule has 0 bridgehead atoms. The van der Waals surface area contributed by atoms with Crippen molar-refractivity contribution >= 4 is 34.3 Å². The summed E-state index contributed by atoms with van der Waals surface area (Å²) in [5.41, 5.74) is 3.18. The molecule has 0 amide bonds. The predicted molar refractivity (Wildman–Crippen MR) is 178 cm³/mol. The molecule has 47 heavy (non-hydrogen) atoms. The molecule has 2 fully saturated rings. The van der Waals surface area contributed by atoms with Crippen molar-refractivity contribution < 1.29 is 9.53 Å². The zero-order valence-corrected chi connectivity index (χ0v) is 26.1. The first kappa shape index (κ1) is 29.3. The van der Waals surface area contributed by atoms with Crippen LogP contribution in [0.15, 0.2) is 64.8 Å². The zero-order valence-electron chi connectivity index (χ0n) is 26.1. The Labute approximate surface area is 270 Å². The lowest BCUT2D eigenvalue weighted by molar-refractivity contribution is -0.0660. The van der Waals surface area contributed by atoms with Gasteiger partial charge in [0, 0.05) is 75.0 Å². The number of nitrogens with one attached hydrogen (secondary N) is 1. The van der Waals surface area contributed by atoms with Gasteiger partial charge in [0.05, 0.1) is 48.3 Å². The molecule has 3 aliphatic heterocycles. The third-order valence-corrected chi connectivity index (χ3v) is 9.63. The van der Waals surface area contributed by atoms with E-state index in [4.69, 9.17) is 4.74 Å². The third-order valence-electron chi connectivity index (χ3n) is 9.63. The van der Waals surface area contributed by atoms with Crippen molar-refractivity contribution in [3.05, 3.63) is 87.2 Å². The highest BCUT2D eigenvalue weighted by molar-refractivity contribution is 5.92. The second-order valence-electron chi connectivity index (χ2n) is 12.4. The topological polar surface area (TPSA) is 132 Å². The number of anilines is 3. The molecule has 13 nitrogen and oxygen atoms in total. The van der Waals surface area contributed by atoms with Crippen LogP contribution in [0.4, 0.5) is 17.2 Å². The van der Waals surface area contributed by atoms with Crippen LogP contribution in [-0.2, 0) is 24.8 Å². The Bertz CT molecular complexity index is 2110. The summed E-state index contributed by atoms with van der Waals surface area (Å²) in [5.74, 6) is 0.662. The maximum absolute atomic E-state index is 13.7. The molecule has 5 aromatic rings. The Morgan fingerprint density at radius 2 is 1.79 bits per heavy atom. The van der Waals surface area contributed by atoms with Gasteiger partial charge in [-0.2, -0.15) is 9.78 Å². The predicted octanol–water partition coefficient (Wildman–Crippen LogP) is 2.76. The van der Waals surface area contributed by atoms with Gasteiger partial charge in [-0.15, -0.1) is 0 Å². The molecule has 0 spiro atoms. The fourth-order valence-electron chi connectivity index (χ4n) is 6.93. The summed E-state index contributed by atoms with van der Waals surface area (Å²) >= 11 is 0. The minimum absolute atomic E-state index is 0.135. The van der Waals surface area contributed by atoms with E-state index in [1.54, 1.807) is 37.8 Å². The number of rotatable bonds is 7. The molecule has 1 N–H and O–H groups in total. The molecule has 0 unspecified atom stereocenters. The number of aromatic nitrogens is 6. The van der Waals surface area contributed by atoms with Crippen molar-refractivity contribution in [1.82, 2.24) is 33.8 Å². The van der Waals surface area contributed by atoms with Crippen LogP contribution in [-0.4, -0.2) is 85.5 Å². The molecule has 0 saturated carbocycles. The molecule has 13 heteroatoms. The van der Waals surface area contributed by atoms with Crippen LogP contribution in [0.1, 0.15) is 28.9 Å². The quantitative estimate of drug-likeness (QED) is 0.267. The highest BCUT2D eigenvalue weighted by Crippen LogP contribution is 2.29. The van der Waals surface area contributed by atoms with E-state index in [9.17, 15) is 14.4 Å². The maximum Gasteiger partial charge on any atom is 0.282 e. The van der Waals surface area contributed by atoms with Crippen LogP contribution in [0.25, 0.3) is 27.7 Å². The first-order chi connectivity index (χ1) is 23.0. The summed E-state index contributed by atoms with van der Waals surface area (Å²) in [6.45, 7) is 6.34. The summed E-state index contributed by atoms with van der Waals surface area (Å²) in [4.78, 5) is 53.3. The third kappa shape index (κ3) is 5.21. The number of ether oxygens (including phenoxy) is 1. The highest BCUT2D eigenvalue weighted by atomic mass is 16.5. The summed E-state index contributed by atoms with van der Waals surface area (Å²) in [6.07, 6.45) is 12.3. The Morgan fingerprint density at radius 1 is 0.936 bits per heavy atom.